The van der Waals surface area contributed by atoms with E-state index in [0.717, 1.165) is 0 Å². The minimum absolute atomic E-state index is 0.187. The molecule has 3 rings (SSSR count). The molecule has 3 aromatic carbocycles. The smallest absolute Gasteiger partial charge is 0.337 e. The van der Waals surface area contributed by atoms with E-state index in [0.29, 0.717) is 11.1 Å². The van der Waals surface area contributed by atoms with Gasteiger partial charge in [-0.1, -0.05) is 48.5 Å². The first-order valence-corrected chi connectivity index (χ1v) is 8.52. The quantitative estimate of drug-likeness (QED) is 0.483. The first-order valence-electron chi connectivity index (χ1n) is 8.52. The van der Waals surface area contributed by atoms with Crippen molar-refractivity contribution in [2.45, 2.75) is 0 Å². The highest BCUT2D eigenvalue weighted by molar-refractivity contribution is 6.08. The predicted molar refractivity (Wildman–Crippen MR) is 105 cm³/mol. The Morgan fingerprint density at radius 2 is 0.800 bits per heavy atom. The molecule has 0 heterocycles. The van der Waals surface area contributed by atoms with Crippen LogP contribution in [0.5, 0.6) is 0 Å². The Morgan fingerprint density at radius 3 is 1.07 bits per heavy atom. The SMILES string of the molecule is O=C(O)c1cccc(-c2ccc(-c3cccc(C(=O)O)c3C(=O)O)cc2)c1C(=O)O. The summed E-state index contributed by atoms with van der Waals surface area (Å²) >= 11 is 0. The number of hydrogen-bond acceptors (Lipinski definition) is 4. The molecule has 30 heavy (non-hydrogen) atoms. The van der Waals surface area contributed by atoms with Crippen molar-refractivity contribution in [3.05, 3.63) is 82.9 Å². The van der Waals surface area contributed by atoms with E-state index < -0.39 is 23.9 Å². The average Bonchev–Trinajstić information content (AvgIpc) is 2.72. The van der Waals surface area contributed by atoms with Crippen LogP contribution >= 0.6 is 0 Å². The molecule has 0 atom stereocenters. The van der Waals surface area contributed by atoms with Crippen molar-refractivity contribution in [2.75, 3.05) is 0 Å². The van der Waals surface area contributed by atoms with Crippen LogP contribution in [0.4, 0.5) is 0 Å². The van der Waals surface area contributed by atoms with Gasteiger partial charge in [-0.05, 0) is 34.4 Å². The molecule has 0 aromatic heterocycles. The predicted octanol–water partition coefficient (Wildman–Crippen LogP) is 3.81. The summed E-state index contributed by atoms with van der Waals surface area (Å²) in [5.41, 5.74) is -0.249. The van der Waals surface area contributed by atoms with Gasteiger partial charge in [-0.3, -0.25) is 0 Å². The van der Waals surface area contributed by atoms with E-state index in [-0.39, 0.29) is 33.4 Å². The molecule has 0 spiro atoms. The van der Waals surface area contributed by atoms with E-state index in [1.165, 1.54) is 60.7 Å². The minimum atomic E-state index is -1.39. The number of aromatic carboxylic acids is 4. The Bertz CT molecular complexity index is 1100. The molecule has 150 valence electrons. The van der Waals surface area contributed by atoms with Gasteiger partial charge in [0.15, 0.2) is 0 Å². The highest BCUT2D eigenvalue weighted by Crippen LogP contribution is 2.31. The van der Waals surface area contributed by atoms with Crippen LogP contribution in [0.3, 0.4) is 0 Å². The summed E-state index contributed by atoms with van der Waals surface area (Å²) in [6.07, 6.45) is 0. The molecule has 0 fully saturated rings. The summed E-state index contributed by atoms with van der Waals surface area (Å²) in [6, 6.07) is 14.3. The van der Waals surface area contributed by atoms with Gasteiger partial charge < -0.3 is 20.4 Å². The van der Waals surface area contributed by atoms with E-state index >= 15 is 0 Å². The lowest BCUT2D eigenvalue weighted by molar-refractivity contribution is 0.0652. The number of carbonyl (C=O) groups is 4. The Hall–Kier alpha value is -4.46. The van der Waals surface area contributed by atoms with Gasteiger partial charge in [0, 0.05) is 0 Å². The van der Waals surface area contributed by atoms with Crippen LogP contribution in [-0.2, 0) is 0 Å². The van der Waals surface area contributed by atoms with Gasteiger partial charge >= 0.3 is 23.9 Å². The van der Waals surface area contributed by atoms with Gasteiger partial charge in [-0.2, -0.15) is 0 Å². The molecule has 0 radical (unpaired) electrons. The Kier molecular flexibility index (Phi) is 5.33. The third-order valence-electron chi connectivity index (χ3n) is 4.52. The fourth-order valence-electron chi connectivity index (χ4n) is 3.23. The number of benzene rings is 3. The number of carboxylic acid groups (broad SMARTS) is 4. The zero-order chi connectivity index (χ0) is 22.0. The molecule has 8 nitrogen and oxygen atoms in total. The van der Waals surface area contributed by atoms with E-state index in [2.05, 4.69) is 0 Å². The highest BCUT2D eigenvalue weighted by Gasteiger charge is 2.22. The largest absolute Gasteiger partial charge is 0.478 e. The molecular formula is C22H14O8. The summed E-state index contributed by atoms with van der Waals surface area (Å²) in [7, 11) is 0. The normalized spacial score (nSPS) is 10.4. The second-order valence-corrected chi connectivity index (χ2v) is 6.25. The van der Waals surface area contributed by atoms with Crippen molar-refractivity contribution in [2.24, 2.45) is 0 Å². The molecule has 0 aliphatic heterocycles. The van der Waals surface area contributed by atoms with Gasteiger partial charge in [-0.15, -0.1) is 0 Å². The summed E-state index contributed by atoms with van der Waals surface area (Å²) in [5.74, 6) is -5.53. The van der Waals surface area contributed by atoms with Crippen LogP contribution in [0.1, 0.15) is 41.4 Å². The monoisotopic (exact) mass is 406 g/mol. The maximum Gasteiger partial charge on any atom is 0.337 e. The topological polar surface area (TPSA) is 149 Å². The summed E-state index contributed by atoms with van der Waals surface area (Å²) in [6.45, 7) is 0. The van der Waals surface area contributed by atoms with Crippen LogP contribution in [-0.4, -0.2) is 44.3 Å². The van der Waals surface area contributed by atoms with Gasteiger partial charge in [0.25, 0.3) is 0 Å². The van der Waals surface area contributed by atoms with Crippen molar-refractivity contribution in [1.82, 2.24) is 0 Å². The zero-order valence-electron chi connectivity index (χ0n) is 15.2. The van der Waals surface area contributed by atoms with Crippen LogP contribution < -0.4 is 0 Å². The molecule has 0 amide bonds. The fourth-order valence-corrected chi connectivity index (χ4v) is 3.23. The van der Waals surface area contributed by atoms with Crippen molar-refractivity contribution >= 4 is 23.9 Å². The first-order chi connectivity index (χ1) is 14.2. The van der Waals surface area contributed by atoms with Crippen LogP contribution in [0.15, 0.2) is 60.7 Å². The minimum Gasteiger partial charge on any atom is -0.478 e. The molecule has 8 heteroatoms. The first kappa shape index (κ1) is 20.3. The lowest BCUT2D eigenvalue weighted by Crippen LogP contribution is -2.10. The number of rotatable bonds is 6. The standard InChI is InChI=1S/C22H14O8/c23-19(24)15-5-1-3-13(17(15)21(27)28)11-7-9-12(10-8-11)14-4-2-6-16(20(25)26)18(14)22(29)30/h1-10H,(H,23,24)(H,25,26)(H,27,28)(H,29,30). The van der Waals surface area contributed by atoms with Gasteiger partial charge in [0.05, 0.1) is 22.3 Å². The molecule has 0 saturated heterocycles. The van der Waals surface area contributed by atoms with Crippen molar-refractivity contribution in [3.63, 3.8) is 0 Å². The lowest BCUT2D eigenvalue weighted by atomic mass is 9.92. The second kappa shape index (κ2) is 7.88. The van der Waals surface area contributed by atoms with Crippen molar-refractivity contribution < 1.29 is 39.6 Å². The number of hydrogen-bond donors (Lipinski definition) is 4. The summed E-state index contributed by atoms with van der Waals surface area (Å²) < 4.78 is 0. The molecule has 0 bridgehead atoms. The maximum atomic E-state index is 11.6. The summed E-state index contributed by atoms with van der Waals surface area (Å²) in [5, 5.41) is 37.5. The van der Waals surface area contributed by atoms with Crippen molar-refractivity contribution in [1.29, 1.82) is 0 Å². The summed E-state index contributed by atoms with van der Waals surface area (Å²) in [4.78, 5) is 46.0. The van der Waals surface area contributed by atoms with Gasteiger partial charge in [0.2, 0.25) is 0 Å². The van der Waals surface area contributed by atoms with Gasteiger partial charge in [-0.25, -0.2) is 19.2 Å². The van der Waals surface area contributed by atoms with Crippen LogP contribution in [0, 0.1) is 0 Å². The Labute approximate surface area is 169 Å². The van der Waals surface area contributed by atoms with E-state index in [9.17, 15) is 39.6 Å². The Morgan fingerprint density at radius 1 is 0.467 bits per heavy atom. The third-order valence-corrected chi connectivity index (χ3v) is 4.52. The zero-order valence-corrected chi connectivity index (χ0v) is 15.2. The van der Waals surface area contributed by atoms with Crippen LogP contribution in [0.2, 0.25) is 0 Å². The maximum absolute atomic E-state index is 11.6. The van der Waals surface area contributed by atoms with E-state index in [4.69, 9.17) is 0 Å². The fraction of sp³-hybridized carbons (Fsp3) is 0. The molecule has 4 N–H and O–H groups in total. The molecular weight excluding hydrogens is 392 g/mol. The highest BCUT2D eigenvalue weighted by atomic mass is 16.4. The van der Waals surface area contributed by atoms with E-state index in [1.54, 1.807) is 0 Å². The van der Waals surface area contributed by atoms with Gasteiger partial charge in [0.1, 0.15) is 0 Å². The average molecular weight is 406 g/mol. The third kappa shape index (κ3) is 3.61. The lowest BCUT2D eigenvalue weighted by Gasteiger charge is -2.12. The Balaban J connectivity index is 2.15. The molecule has 0 saturated carbocycles. The second-order valence-electron chi connectivity index (χ2n) is 6.25. The molecule has 0 unspecified atom stereocenters. The van der Waals surface area contributed by atoms with Crippen LogP contribution in [0.25, 0.3) is 22.3 Å². The molecule has 0 aliphatic rings. The van der Waals surface area contributed by atoms with E-state index in [1.807, 2.05) is 0 Å². The molecule has 3 aromatic rings. The number of carboxylic acids is 4. The van der Waals surface area contributed by atoms with Crippen molar-refractivity contribution in [3.8, 4) is 22.3 Å². The molecule has 0 aliphatic carbocycles.